The maximum atomic E-state index is 12.3. The second-order valence-corrected chi connectivity index (χ2v) is 5.83. The van der Waals surface area contributed by atoms with E-state index >= 15 is 0 Å². The summed E-state index contributed by atoms with van der Waals surface area (Å²) in [5, 5.41) is 2.90. The summed E-state index contributed by atoms with van der Waals surface area (Å²) in [6.07, 6.45) is 8.42. The minimum Gasteiger partial charge on any atom is -0.357 e. The Balaban J connectivity index is 1.65. The first-order chi connectivity index (χ1) is 11.3. The van der Waals surface area contributed by atoms with Crippen LogP contribution in [0.5, 0.6) is 0 Å². The number of hydrogen-bond acceptors (Lipinski definition) is 4. The van der Waals surface area contributed by atoms with Gasteiger partial charge >= 0.3 is 0 Å². The molecule has 0 aliphatic carbocycles. The van der Waals surface area contributed by atoms with Gasteiger partial charge in [0.05, 0.1) is 0 Å². The van der Waals surface area contributed by atoms with Crippen molar-refractivity contribution in [2.75, 3.05) is 18.0 Å². The zero-order valence-electron chi connectivity index (χ0n) is 13.2. The topological polar surface area (TPSA) is 58.1 Å². The van der Waals surface area contributed by atoms with Crippen LogP contribution < -0.4 is 10.2 Å². The van der Waals surface area contributed by atoms with Gasteiger partial charge in [0.1, 0.15) is 11.5 Å². The van der Waals surface area contributed by atoms with Crippen molar-refractivity contribution in [2.45, 2.75) is 32.2 Å². The number of carbonyl (C=O) groups excluding carboxylic acids is 1. The van der Waals surface area contributed by atoms with Crippen molar-refractivity contribution in [3.05, 3.63) is 54.0 Å². The van der Waals surface area contributed by atoms with Crippen molar-refractivity contribution in [2.24, 2.45) is 0 Å². The summed E-state index contributed by atoms with van der Waals surface area (Å²) in [7, 11) is 0. The molecule has 1 aliphatic rings. The van der Waals surface area contributed by atoms with Crippen LogP contribution in [-0.2, 0) is 6.54 Å². The van der Waals surface area contributed by atoms with Crippen LogP contribution in [0.15, 0.2) is 42.7 Å². The van der Waals surface area contributed by atoms with Gasteiger partial charge in [-0.3, -0.25) is 9.78 Å². The fourth-order valence-corrected chi connectivity index (χ4v) is 2.80. The summed E-state index contributed by atoms with van der Waals surface area (Å²) in [5.41, 5.74) is 1.44. The highest BCUT2D eigenvalue weighted by Gasteiger charge is 2.13. The van der Waals surface area contributed by atoms with Crippen LogP contribution in [0, 0.1) is 0 Å². The zero-order valence-corrected chi connectivity index (χ0v) is 13.2. The molecule has 2 aromatic heterocycles. The van der Waals surface area contributed by atoms with E-state index in [0.717, 1.165) is 24.5 Å². The Morgan fingerprint density at radius 2 is 1.91 bits per heavy atom. The molecule has 0 saturated carbocycles. The smallest absolute Gasteiger partial charge is 0.270 e. The fourth-order valence-electron chi connectivity index (χ4n) is 2.80. The number of aromatic nitrogens is 2. The van der Waals surface area contributed by atoms with Gasteiger partial charge in [0.2, 0.25) is 0 Å². The minimum absolute atomic E-state index is 0.148. The van der Waals surface area contributed by atoms with Gasteiger partial charge in [0.15, 0.2) is 0 Å². The first-order valence-corrected chi connectivity index (χ1v) is 8.22. The van der Waals surface area contributed by atoms with Crippen LogP contribution in [0.25, 0.3) is 0 Å². The maximum absolute atomic E-state index is 12.3. The molecule has 2 aromatic rings. The summed E-state index contributed by atoms with van der Waals surface area (Å²) in [6.45, 7) is 2.50. The van der Waals surface area contributed by atoms with Gasteiger partial charge in [-0.15, -0.1) is 0 Å². The third-order valence-corrected chi connectivity index (χ3v) is 4.07. The number of amides is 1. The van der Waals surface area contributed by atoms with Gasteiger partial charge in [0.25, 0.3) is 5.91 Å². The third kappa shape index (κ3) is 4.28. The van der Waals surface area contributed by atoms with Gasteiger partial charge in [-0.2, -0.15) is 0 Å². The molecule has 120 valence electrons. The number of anilines is 1. The van der Waals surface area contributed by atoms with Crippen LogP contribution in [0.4, 0.5) is 5.82 Å². The molecule has 1 saturated heterocycles. The molecule has 0 radical (unpaired) electrons. The zero-order chi connectivity index (χ0) is 15.9. The minimum atomic E-state index is -0.148. The van der Waals surface area contributed by atoms with E-state index in [4.69, 9.17) is 0 Å². The molecular weight excluding hydrogens is 288 g/mol. The summed E-state index contributed by atoms with van der Waals surface area (Å²) in [5.74, 6) is 0.756. The Hall–Kier alpha value is -2.43. The van der Waals surface area contributed by atoms with Crippen LogP contribution in [0.2, 0.25) is 0 Å². The Morgan fingerprint density at radius 3 is 2.65 bits per heavy atom. The highest BCUT2D eigenvalue weighted by Crippen LogP contribution is 2.17. The summed E-state index contributed by atoms with van der Waals surface area (Å²) in [6, 6.07) is 9.46. The normalized spacial score (nSPS) is 15.0. The molecule has 0 atom stereocenters. The molecule has 3 heterocycles. The monoisotopic (exact) mass is 310 g/mol. The lowest BCUT2D eigenvalue weighted by molar-refractivity contribution is 0.0946. The molecule has 23 heavy (non-hydrogen) atoms. The SMILES string of the molecule is O=C(NCc1cccnc1)c1cccc(N2CCCCCC2)n1. The first kappa shape index (κ1) is 15.5. The summed E-state index contributed by atoms with van der Waals surface area (Å²) in [4.78, 5) is 23.2. The Kier molecular flexibility index (Phi) is 5.19. The van der Waals surface area contributed by atoms with Gasteiger partial charge in [-0.05, 0) is 36.6 Å². The largest absolute Gasteiger partial charge is 0.357 e. The molecule has 1 N–H and O–H groups in total. The average molecular weight is 310 g/mol. The molecule has 0 spiro atoms. The van der Waals surface area contributed by atoms with E-state index in [-0.39, 0.29) is 5.91 Å². The molecule has 0 unspecified atom stereocenters. The molecule has 0 aromatic carbocycles. The predicted octanol–water partition coefficient (Wildman–Crippen LogP) is 2.79. The first-order valence-electron chi connectivity index (χ1n) is 8.22. The van der Waals surface area contributed by atoms with Gasteiger partial charge in [0, 0.05) is 32.0 Å². The quantitative estimate of drug-likeness (QED) is 0.943. The van der Waals surface area contributed by atoms with E-state index in [1.165, 1.54) is 25.7 Å². The Bertz CT molecular complexity index is 636. The number of carbonyl (C=O) groups is 1. The van der Waals surface area contributed by atoms with Crippen LogP contribution in [0.1, 0.15) is 41.7 Å². The molecule has 1 amide bonds. The highest BCUT2D eigenvalue weighted by molar-refractivity contribution is 5.92. The van der Waals surface area contributed by atoms with Crippen LogP contribution in [0.3, 0.4) is 0 Å². The summed E-state index contributed by atoms with van der Waals surface area (Å²) < 4.78 is 0. The van der Waals surface area contributed by atoms with E-state index < -0.39 is 0 Å². The lowest BCUT2D eigenvalue weighted by Crippen LogP contribution is -2.27. The average Bonchev–Trinajstić information content (AvgIpc) is 2.90. The molecule has 5 nitrogen and oxygen atoms in total. The van der Waals surface area contributed by atoms with Crippen molar-refractivity contribution in [1.29, 1.82) is 0 Å². The molecule has 1 aliphatic heterocycles. The van der Waals surface area contributed by atoms with E-state index in [0.29, 0.717) is 12.2 Å². The molecule has 5 heteroatoms. The number of nitrogens with zero attached hydrogens (tertiary/aromatic N) is 3. The molecule has 0 bridgehead atoms. The van der Waals surface area contributed by atoms with Gasteiger partial charge in [-0.25, -0.2) is 4.98 Å². The molecule has 1 fully saturated rings. The van der Waals surface area contributed by atoms with Gasteiger partial charge in [-0.1, -0.05) is 25.0 Å². The highest BCUT2D eigenvalue weighted by atomic mass is 16.1. The third-order valence-electron chi connectivity index (χ3n) is 4.07. The van der Waals surface area contributed by atoms with E-state index in [9.17, 15) is 4.79 Å². The fraction of sp³-hybridized carbons (Fsp3) is 0.389. The van der Waals surface area contributed by atoms with E-state index in [1.54, 1.807) is 18.5 Å². The molecular formula is C18H22N4O. The Labute approximate surface area is 136 Å². The lowest BCUT2D eigenvalue weighted by atomic mass is 10.2. The van der Waals surface area contributed by atoms with Crippen molar-refractivity contribution in [1.82, 2.24) is 15.3 Å². The second kappa shape index (κ2) is 7.72. The van der Waals surface area contributed by atoms with Crippen molar-refractivity contribution < 1.29 is 4.79 Å². The summed E-state index contributed by atoms with van der Waals surface area (Å²) >= 11 is 0. The molecule has 3 rings (SSSR count). The van der Waals surface area contributed by atoms with Crippen molar-refractivity contribution >= 4 is 11.7 Å². The predicted molar refractivity (Wildman–Crippen MR) is 90.3 cm³/mol. The van der Waals surface area contributed by atoms with E-state index in [1.807, 2.05) is 24.3 Å². The van der Waals surface area contributed by atoms with E-state index in [2.05, 4.69) is 20.2 Å². The van der Waals surface area contributed by atoms with Crippen molar-refractivity contribution in [3.8, 4) is 0 Å². The van der Waals surface area contributed by atoms with Gasteiger partial charge < -0.3 is 10.2 Å². The van der Waals surface area contributed by atoms with Crippen LogP contribution in [-0.4, -0.2) is 29.0 Å². The standard InChI is InChI=1S/C18H22N4O/c23-18(20-14-15-7-6-10-19-13-15)16-8-5-9-17(21-16)22-11-3-1-2-4-12-22/h5-10,13H,1-4,11-12,14H2,(H,20,23). The second-order valence-electron chi connectivity index (χ2n) is 5.83. The van der Waals surface area contributed by atoms with Crippen LogP contribution >= 0.6 is 0 Å². The Morgan fingerprint density at radius 1 is 1.09 bits per heavy atom. The van der Waals surface area contributed by atoms with Crippen molar-refractivity contribution in [3.63, 3.8) is 0 Å². The number of nitrogens with one attached hydrogen (secondary N) is 1. The lowest BCUT2D eigenvalue weighted by Gasteiger charge is -2.21. The number of rotatable bonds is 4. The number of hydrogen-bond donors (Lipinski definition) is 1. The maximum Gasteiger partial charge on any atom is 0.270 e. The number of pyridine rings is 2.